The van der Waals surface area contributed by atoms with Crippen molar-refractivity contribution in [1.82, 2.24) is 4.98 Å². The van der Waals surface area contributed by atoms with Crippen LogP contribution in [0.5, 0.6) is 0 Å². The minimum Gasteiger partial charge on any atom is -0.289 e. The van der Waals surface area contributed by atoms with Gasteiger partial charge in [-0.3, -0.25) is 9.69 Å². The van der Waals surface area contributed by atoms with E-state index in [1.54, 1.807) is 16.2 Å². The number of thiol groups is 1. The molecule has 0 saturated heterocycles. The summed E-state index contributed by atoms with van der Waals surface area (Å²) in [5, 5.41) is 2.52. The lowest BCUT2D eigenvalue weighted by Crippen LogP contribution is -2.28. The molecule has 1 aliphatic rings. The summed E-state index contributed by atoms with van der Waals surface area (Å²) < 4.78 is 1.11. The molecule has 116 valence electrons. The number of thiazole rings is 1. The molecule has 5 heteroatoms. The molecule has 0 fully saturated rings. The molecule has 1 atom stereocenters. The standard InChI is InChI=1S/C19H12N2OS2/c22-18-12-7-3-5-11-6-4-9-14(16(11)12)21(18)19(23)17-20-13-8-1-2-10-15(13)24-17/h1-10,19,23H. The van der Waals surface area contributed by atoms with E-state index in [1.807, 2.05) is 60.7 Å². The first kappa shape index (κ1) is 14.0. The quantitative estimate of drug-likeness (QED) is 0.515. The van der Waals surface area contributed by atoms with Gasteiger partial charge in [0, 0.05) is 10.9 Å². The van der Waals surface area contributed by atoms with E-state index in [0.717, 1.165) is 37.2 Å². The number of anilines is 1. The molecule has 5 rings (SSSR count). The highest BCUT2D eigenvalue weighted by Gasteiger charge is 2.35. The number of para-hydroxylation sites is 1. The molecule has 1 unspecified atom stereocenters. The molecule has 2 heterocycles. The third-order valence-corrected chi connectivity index (χ3v) is 6.11. The number of hydrogen-bond donors (Lipinski definition) is 1. The van der Waals surface area contributed by atoms with E-state index in [4.69, 9.17) is 12.6 Å². The first-order valence-electron chi connectivity index (χ1n) is 7.63. The second-order valence-corrected chi connectivity index (χ2v) is 7.30. The van der Waals surface area contributed by atoms with Crippen LogP contribution in [-0.4, -0.2) is 10.9 Å². The molecule has 3 aromatic carbocycles. The summed E-state index contributed by atoms with van der Waals surface area (Å²) in [4.78, 5) is 19.4. The van der Waals surface area contributed by atoms with Gasteiger partial charge in [0.15, 0.2) is 0 Å². The van der Waals surface area contributed by atoms with Gasteiger partial charge in [-0.2, -0.15) is 0 Å². The van der Waals surface area contributed by atoms with E-state index in [2.05, 4.69) is 4.98 Å². The second kappa shape index (κ2) is 5.06. The van der Waals surface area contributed by atoms with Crippen molar-refractivity contribution >= 4 is 56.5 Å². The van der Waals surface area contributed by atoms with Crippen molar-refractivity contribution in [3.63, 3.8) is 0 Å². The Kier molecular flexibility index (Phi) is 2.96. The molecule has 0 N–H and O–H groups in total. The van der Waals surface area contributed by atoms with Gasteiger partial charge in [0.2, 0.25) is 0 Å². The molecule has 0 radical (unpaired) electrons. The Morgan fingerprint density at radius 3 is 2.62 bits per heavy atom. The van der Waals surface area contributed by atoms with Gasteiger partial charge in [0.05, 0.1) is 15.9 Å². The van der Waals surface area contributed by atoms with Crippen molar-refractivity contribution in [3.05, 3.63) is 71.2 Å². The molecule has 0 saturated carbocycles. The lowest BCUT2D eigenvalue weighted by Gasteiger charge is -2.23. The number of nitrogens with zero attached hydrogens (tertiary/aromatic N) is 2. The van der Waals surface area contributed by atoms with Crippen LogP contribution >= 0.6 is 24.0 Å². The number of carbonyl (C=O) groups excluding carboxylic acids is 1. The molecule has 1 aliphatic heterocycles. The number of fused-ring (bicyclic) bond motifs is 1. The Bertz CT molecular complexity index is 1080. The van der Waals surface area contributed by atoms with Crippen molar-refractivity contribution in [2.24, 2.45) is 0 Å². The average Bonchev–Trinajstić information content (AvgIpc) is 3.16. The van der Waals surface area contributed by atoms with Gasteiger partial charge in [-0.1, -0.05) is 36.4 Å². The highest BCUT2D eigenvalue weighted by atomic mass is 32.1. The fourth-order valence-electron chi connectivity index (χ4n) is 3.29. The zero-order chi connectivity index (χ0) is 16.3. The topological polar surface area (TPSA) is 33.2 Å². The SMILES string of the molecule is O=C1c2cccc3cccc(c23)N1C(S)c1nc2ccccc2s1. The van der Waals surface area contributed by atoms with Gasteiger partial charge in [0.1, 0.15) is 10.4 Å². The predicted octanol–water partition coefficient (Wildman–Crippen LogP) is 5.04. The molecule has 0 bridgehead atoms. The molecule has 4 aromatic rings. The van der Waals surface area contributed by atoms with Gasteiger partial charge >= 0.3 is 0 Å². The number of rotatable bonds is 2. The number of amides is 1. The van der Waals surface area contributed by atoms with E-state index in [9.17, 15) is 4.79 Å². The fourth-order valence-corrected chi connectivity index (χ4v) is 4.68. The number of hydrogen-bond acceptors (Lipinski definition) is 4. The molecule has 1 aromatic heterocycles. The largest absolute Gasteiger partial charge is 0.289 e. The summed E-state index contributed by atoms with van der Waals surface area (Å²) in [6, 6.07) is 19.8. The van der Waals surface area contributed by atoms with Crippen LogP contribution < -0.4 is 4.90 Å². The van der Waals surface area contributed by atoms with E-state index in [1.165, 1.54) is 0 Å². The number of carbonyl (C=O) groups is 1. The van der Waals surface area contributed by atoms with Crippen LogP contribution in [0.4, 0.5) is 5.69 Å². The third-order valence-electron chi connectivity index (χ3n) is 4.37. The average molecular weight is 348 g/mol. The van der Waals surface area contributed by atoms with Crippen LogP contribution in [0.25, 0.3) is 21.0 Å². The minimum absolute atomic E-state index is 0.0129. The van der Waals surface area contributed by atoms with Crippen LogP contribution in [-0.2, 0) is 0 Å². The molecule has 3 nitrogen and oxygen atoms in total. The Morgan fingerprint density at radius 2 is 1.79 bits per heavy atom. The van der Waals surface area contributed by atoms with Crippen molar-refractivity contribution in [3.8, 4) is 0 Å². The Balaban J connectivity index is 1.67. The van der Waals surface area contributed by atoms with Gasteiger partial charge in [-0.05, 0) is 29.7 Å². The van der Waals surface area contributed by atoms with Crippen LogP contribution in [0.3, 0.4) is 0 Å². The van der Waals surface area contributed by atoms with Crippen molar-refractivity contribution < 1.29 is 4.79 Å². The van der Waals surface area contributed by atoms with Gasteiger partial charge < -0.3 is 0 Å². The fraction of sp³-hybridized carbons (Fsp3) is 0.0526. The van der Waals surface area contributed by atoms with Gasteiger partial charge in [0.25, 0.3) is 5.91 Å². The summed E-state index contributed by atoms with van der Waals surface area (Å²) in [6.07, 6.45) is 0. The van der Waals surface area contributed by atoms with E-state index >= 15 is 0 Å². The molecule has 0 spiro atoms. The predicted molar refractivity (Wildman–Crippen MR) is 102 cm³/mol. The van der Waals surface area contributed by atoms with Crippen LogP contribution in [0, 0.1) is 0 Å². The number of aromatic nitrogens is 1. The first-order valence-corrected chi connectivity index (χ1v) is 8.96. The van der Waals surface area contributed by atoms with Crippen LogP contribution in [0.1, 0.15) is 20.7 Å². The molecule has 0 aliphatic carbocycles. The number of benzene rings is 3. The minimum atomic E-state index is -0.395. The Hall–Kier alpha value is -2.37. The van der Waals surface area contributed by atoms with Crippen molar-refractivity contribution in [2.45, 2.75) is 5.37 Å². The van der Waals surface area contributed by atoms with Crippen molar-refractivity contribution in [1.29, 1.82) is 0 Å². The smallest absolute Gasteiger partial charge is 0.260 e. The zero-order valence-electron chi connectivity index (χ0n) is 12.5. The molecule has 1 amide bonds. The van der Waals surface area contributed by atoms with Crippen LogP contribution in [0.2, 0.25) is 0 Å². The molecular weight excluding hydrogens is 336 g/mol. The molecular formula is C19H12N2OS2. The highest BCUT2D eigenvalue weighted by Crippen LogP contribution is 2.44. The maximum Gasteiger partial charge on any atom is 0.260 e. The highest BCUT2D eigenvalue weighted by molar-refractivity contribution is 7.80. The first-order chi connectivity index (χ1) is 11.7. The normalized spacial score (nSPS) is 14.7. The summed E-state index contributed by atoms with van der Waals surface area (Å²) in [5.41, 5.74) is 2.59. The lowest BCUT2D eigenvalue weighted by atomic mass is 10.1. The van der Waals surface area contributed by atoms with Crippen molar-refractivity contribution in [2.75, 3.05) is 4.90 Å². The molecule has 24 heavy (non-hydrogen) atoms. The summed E-state index contributed by atoms with van der Waals surface area (Å²) in [7, 11) is 0. The zero-order valence-corrected chi connectivity index (χ0v) is 14.2. The summed E-state index contributed by atoms with van der Waals surface area (Å²) in [5.74, 6) is -0.0129. The van der Waals surface area contributed by atoms with Gasteiger partial charge in [-0.15, -0.1) is 24.0 Å². The Morgan fingerprint density at radius 1 is 1.00 bits per heavy atom. The second-order valence-electron chi connectivity index (χ2n) is 5.75. The lowest BCUT2D eigenvalue weighted by molar-refractivity contribution is 0.0991. The Labute approximate surface area is 148 Å². The maximum absolute atomic E-state index is 13.0. The maximum atomic E-state index is 13.0. The van der Waals surface area contributed by atoms with Gasteiger partial charge in [-0.25, -0.2) is 4.98 Å². The van der Waals surface area contributed by atoms with E-state index < -0.39 is 5.37 Å². The summed E-state index contributed by atoms with van der Waals surface area (Å²) in [6.45, 7) is 0. The summed E-state index contributed by atoms with van der Waals surface area (Å²) >= 11 is 6.33. The third kappa shape index (κ3) is 1.85. The van der Waals surface area contributed by atoms with E-state index in [-0.39, 0.29) is 5.91 Å². The monoisotopic (exact) mass is 348 g/mol. The van der Waals surface area contributed by atoms with Crippen LogP contribution in [0.15, 0.2) is 60.7 Å². The van der Waals surface area contributed by atoms with E-state index in [0.29, 0.717) is 0 Å².